The molecule has 0 bridgehead atoms. The lowest BCUT2D eigenvalue weighted by Crippen LogP contribution is -2.36. The molecule has 1 atom stereocenters. The van der Waals surface area contributed by atoms with Gasteiger partial charge in [0.25, 0.3) is 5.91 Å². The van der Waals surface area contributed by atoms with E-state index < -0.39 is 5.91 Å². The van der Waals surface area contributed by atoms with Crippen LogP contribution in [0.2, 0.25) is 0 Å². The monoisotopic (exact) mass is 339 g/mol. The van der Waals surface area contributed by atoms with E-state index >= 15 is 0 Å². The topological polar surface area (TPSA) is 98.1 Å². The minimum atomic E-state index is -0.573. The number of carbonyl (C=O) groups is 1. The van der Waals surface area contributed by atoms with Crippen molar-refractivity contribution < 1.29 is 9.18 Å². The summed E-state index contributed by atoms with van der Waals surface area (Å²) in [6.45, 7) is 1.95. The van der Waals surface area contributed by atoms with E-state index in [2.05, 4.69) is 9.97 Å². The first kappa shape index (κ1) is 16.8. The molecule has 1 heterocycles. The highest BCUT2D eigenvalue weighted by atomic mass is 19.1. The zero-order valence-electron chi connectivity index (χ0n) is 13.7. The van der Waals surface area contributed by atoms with Gasteiger partial charge in [0.1, 0.15) is 12.1 Å². The fourth-order valence-electron chi connectivity index (χ4n) is 2.93. The SMILES string of the molecule is CCC(c1cccc(F)c1)N(N)c1ncnc2c(C(N)=O)cccc12. The van der Waals surface area contributed by atoms with E-state index in [0.29, 0.717) is 28.7 Å². The van der Waals surface area contributed by atoms with Gasteiger partial charge in [-0.05, 0) is 36.2 Å². The van der Waals surface area contributed by atoms with E-state index in [1.807, 2.05) is 13.0 Å². The Bertz CT molecular complexity index is 930. The first-order chi connectivity index (χ1) is 12.0. The van der Waals surface area contributed by atoms with Gasteiger partial charge in [-0.2, -0.15) is 0 Å². The number of para-hydroxylation sites is 1. The molecule has 0 radical (unpaired) electrons. The van der Waals surface area contributed by atoms with Crippen molar-refractivity contribution in [3.63, 3.8) is 0 Å². The molecule has 0 aliphatic rings. The molecular weight excluding hydrogens is 321 g/mol. The molecule has 3 rings (SSSR count). The number of rotatable bonds is 5. The molecule has 1 aromatic heterocycles. The normalized spacial score (nSPS) is 12.1. The van der Waals surface area contributed by atoms with Gasteiger partial charge < -0.3 is 5.73 Å². The Labute approximate surface area is 144 Å². The highest BCUT2D eigenvalue weighted by molar-refractivity contribution is 6.06. The highest BCUT2D eigenvalue weighted by Gasteiger charge is 2.21. The molecule has 3 aromatic rings. The summed E-state index contributed by atoms with van der Waals surface area (Å²) in [4.78, 5) is 20.1. The van der Waals surface area contributed by atoms with Crippen molar-refractivity contribution in [1.29, 1.82) is 0 Å². The third-order valence-electron chi connectivity index (χ3n) is 4.11. The minimum Gasteiger partial charge on any atom is -0.366 e. The van der Waals surface area contributed by atoms with Crippen molar-refractivity contribution in [3.05, 3.63) is 65.7 Å². The van der Waals surface area contributed by atoms with Gasteiger partial charge in [0.2, 0.25) is 0 Å². The predicted molar refractivity (Wildman–Crippen MR) is 94.2 cm³/mol. The number of fused-ring (bicyclic) bond motifs is 1. The second-order valence-electron chi connectivity index (χ2n) is 5.65. The van der Waals surface area contributed by atoms with E-state index in [0.717, 1.165) is 5.56 Å². The van der Waals surface area contributed by atoms with Crippen LogP contribution in [-0.4, -0.2) is 15.9 Å². The van der Waals surface area contributed by atoms with E-state index in [1.165, 1.54) is 23.5 Å². The number of aromatic nitrogens is 2. The minimum absolute atomic E-state index is 0.286. The summed E-state index contributed by atoms with van der Waals surface area (Å²) in [5, 5.41) is 2.08. The Morgan fingerprint density at radius 2 is 2.00 bits per heavy atom. The first-order valence-corrected chi connectivity index (χ1v) is 7.85. The number of halogens is 1. The smallest absolute Gasteiger partial charge is 0.250 e. The Hall–Kier alpha value is -3.06. The van der Waals surface area contributed by atoms with Crippen molar-refractivity contribution in [3.8, 4) is 0 Å². The van der Waals surface area contributed by atoms with Crippen molar-refractivity contribution in [2.45, 2.75) is 19.4 Å². The molecule has 0 saturated carbocycles. The molecule has 128 valence electrons. The van der Waals surface area contributed by atoms with Crippen molar-refractivity contribution in [2.75, 3.05) is 5.01 Å². The maximum Gasteiger partial charge on any atom is 0.250 e. The number of nitrogens with zero attached hydrogens (tertiary/aromatic N) is 3. The number of hydrazine groups is 1. The Morgan fingerprint density at radius 1 is 1.24 bits per heavy atom. The molecule has 1 amide bonds. The maximum atomic E-state index is 13.6. The lowest BCUT2D eigenvalue weighted by Gasteiger charge is -2.28. The third kappa shape index (κ3) is 3.14. The fraction of sp³-hybridized carbons (Fsp3) is 0.167. The zero-order chi connectivity index (χ0) is 18.0. The first-order valence-electron chi connectivity index (χ1n) is 7.85. The van der Waals surface area contributed by atoms with Crippen molar-refractivity contribution >= 4 is 22.6 Å². The van der Waals surface area contributed by atoms with Gasteiger partial charge in [-0.3, -0.25) is 9.80 Å². The maximum absolute atomic E-state index is 13.6. The molecular formula is C18H18FN5O. The number of benzene rings is 2. The lowest BCUT2D eigenvalue weighted by atomic mass is 10.0. The van der Waals surface area contributed by atoms with E-state index in [9.17, 15) is 9.18 Å². The number of hydrogen-bond acceptors (Lipinski definition) is 5. The fourth-order valence-corrected chi connectivity index (χ4v) is 2.93. The zero-order valence-corrected chi connectivity index (χ0v) is 13.7. The molecule has 0 saturated heterocycles. The average Bonchev–Trinajstić information content (AvgIpc) is 2.61. The van der Waals surface area contributed by atoms with Gasteiger partial charge in [-0.25, -0.2) is 20.2 Å². The summed E-state index contributed by atoms with van der Waals surface area (Å²) in [6, 6.07) is 11.1. The van der Waals surface area contributed by atoms with Gasteiger partial charge in [0.05, 0.1) is 17.1 Å². The summed E-state index contributed by atoms with van der Waals surface area (Å²) < 4.78 is 13.6. The van der Waals surface area contributed by atoms with E-state index in [1.54, 1.807) is 24.3 Å². The molecule has 0 spiro atoms. The Balaban J connectivity index is 2.11. The van der Waals surface area contributed by atoms with Crippen LogP contribution in [0.4, 0.5) is 10.2 Å². The van der Waals surface area contributed by atoms with E-state index in [-0.39, 0.29) is 11.9 Å². The summed E-state index contributed by atoms with van der Waals surface area (Å²) in [5.74, 6) is 5.88. The highest BCUT2D eigenvalue weighted by Crippen LogP contribution is 2.31. The average molecular weight is 339 g/mol. The van der Waals surface area contributed by atoms with Gasteiger partial charge >= 0.3 is 0 Å². The number of hydrogen-bond donors (Lipinski definition) is 2. The quantitative estimate of drug-likeness (QED) is 0.550. The van der Waals surface area contributed by atoms with Crippen molar-refractivity contribution in [1.82, 2.24) is 9.97 Å². The van der Waals surface area contributed by atoms with Gasteiger partial charge in [0.15, 0.2) is 5.82 Å². The van der Waals surface area contributed by atoms with Gasteiger partial charge in [-0.1, -0.05) is 25.1 Å². The lowest BCUT2D eigenvalue weighted by molar-refractivity contribution is 0.100. The summed E-state index contributed by atoms with van der Waals surface area (Å²) >= 11 is 0. The third-order valence-corrected chi connectivity index (χ3v) is 4.11. The standard InChI is InChI=1S/C18H18FN5O/c1-2-15(11-5-3-6-12(19)9-11)24(21)18-14-8-4-7-13(17(20)25)16(14)22-10-23-18/h3-10,15H,2,21H2,1H3,(H2,20,25). The molecule has 0 aliphatic heterocycles. The second-order valence-corrected chi connectivity index (χ2v) is 5.65. The molecule has 0 aliphatic carbocycles. The number of nitrogens with two attached hydrogens (primary N) is 2. The second kappa shape index (κ2) is 6.82. The Kier molecular flexibility index (Phi) is 4.58. The molecule has 25 heavy (non-hydrogen) atoms. The van der Waals surface area contributed by atoms with Crippen LogP contribution in [0, 0.1) is 5.82 Å². The van der Waals surface area contributed by atoms with Crippen LogP contribution in [0.5, 0.6) is 0 Å². The molecule has 0 fully saturated rings. The summed E-state index contributed by atoms with van der Waals surface area (Å²) in [6.07, 6.45) is 1.98. The molecule has 1 unspecified atom stereocenters. The number of primary amides is 1. The van der Waals surface area contributed by atoms with Crippen LogP contribution in [0.15, 0.2) is 48.8 Å². The van der Waals surface area contributed by atoms with Crippen LogP contribution >= 0.6 is 0 Å². The summed E-state index contributed by atoms with van der Waals surface area (Å²) in [5.41, 5.74) is 6.89. The van der Waals surface area contributed by atoms with Crippen LogP contribution in [-0.2, 0) is 0 Å². The van der Waals surface area contributed by atoms with Gasteiger partial charge in [0, 0.05) is 5.39 Å². The van der Waals surface area contributed by atoms with E-state index in [4.69, 9.17) is 11.6 Å². The van der Waals surface area contributed by atoms with Crippen LogP contribution < -0.4 is 16.6 Å². The molecule has 7 heteroatoms. The van der Waals surface area contributed by atoms with Crippen LogP contribution in [0.3, 0.4) is 0 Å². The number of carbonyl (C=O) groups excluding carboxylic acids is 1. The molecule has 2 aromatic carbocycles. The summed E-state index contributed by atoms with van der Waals surface area (Å²) in [7, 11) is 0. The van der Waals surface area contributed by atoms with Crippen LogP contribution in [0.1, 0.15) is 35.3 Å². The number of amides is 1. The number of anilines is 1. The largest absolute Gasteiger partial charge is 0.366 e. The molecule has 4 N–H and O–H groups in total. The molecule has 6 nitrogen and oxygen atoms in total. The Morgan fingerprint density at radius 3 is 2.68 bits per heavy atom. The van der Waals surface area contributed by atoms with Gasteiger partial charge in [-0.15, -0.1) is 0 Å². The predicted octanol–water partition coefficient (Wildman–Crippen LogP) is 2.70. The van der Waals surface area contributed by atoms with Crippen molar-refractivity contribution in [2.24, 2.45) is 11.6 Å². The van der Waals surface area contributed by atoms with Crippen LogP contribution in [0.25, 0.3) is 10.9 Å².